The average molecular weight is 299 g/mol. The van der Waals surface area contributed by atoms with Crippen molar-refractivity contribution in [2.75, 3.05) is 5.75 Å². The van der Waals surface area contributed by atoms with Crippen molar-refractivity contribution in [3.05, 3.63) is 0 Å². The highest BCUT2D eigenvalue weighted by Crippen LogP contribution is 2.40. The van der Waals surface area contributed by atoms with Crippen LogP contribution in [0.4, 0.5) is 0 Å². The van der Waals surface area contributed by atoms with Gasteiger partial charge >= 0.3 is 5.97 Å². The lowest BCUT2D eigenvalue weighted by atomic mass is 9.88. The molecule has 20 heavy (non-hydrogen) atoms. The largest absolute Gasteiger partial charge is 0.480 e. The topological polar surface area (TPSA) is 57.6 Å². The highest BCUT2D eigenvalue weighted by atomic mass is 32.2. The molecule has 1 saturated carbocycles. The van der Waals surface area contributed by atoms with E-state index in [1.54, 1.807) is 16.7 Å². The third-order valence-corrected chi connectivity index (χ3v) is 5.87. The first-order chi connectivity index (χ1) is 9.65. The van der Waals surface area contributed by atoms with Crippen molar-refractivity contribution in [1.82, 2.24) is 4.90 Å². The Bertz CT molecular complexity index is 355. The van der Waals surface area contributed by atoms with Crippen molar-refractivity contribution in [3.63, 3.8) is 0 Å². The predicted molar refractivity (Wildman–Crippen MR) is 80.6 cm³/mol. The van der Waals surface area contributed by atoms with Crippen LogP contribution in [0.1, 0.15) is 58.3 Å². The van der Waals surface area contributed by atoms with Crippen LogP contribution in [0.3, 0.4) is 0 Å². The lowest BCUT2D eigenvalue weighted by Gasteiger charge is -2.35. The second kappa shape index (κ2) is 7.34. The Morgan fingerprint density at radius 1 is 1.25 bits per heavy atom. The van der Waals surface area contributed by atoms with Crippen molar-refractivity contribution in [2.45, 2.75) is 69.7 Å². The van der Waals surface area contributed by atoms with Gasteiger partial charge in [0.25, 0.3) is 0 Å². The number of aliphatic carboxylic acids is 1. The monoisotopic (exact) mass is 299 g/mol. The van der Waals surface area contributed by atoms with E-state index in [0.29, 0.717) is 18.1 Å². The number of hydrogen-bond acceptors (Lipinski definition) is 3. The van der Waals surface area contributed by atoms with Gasteiger partial charge in [-0.2, -0.15) is 0 Å². The fourth-order valence-electron chi connectivity index (χ4n) is 3.27. The molecule has 0 radical (unpaired) electrons. The summed E-state index contributed by atoms with van der Waals surface area (Å²) in [4.78, 5) is 25.5. The van der Waals surface area contributed by atoms with E-state index in [9.17, 15) is 14.7 Å². The summed E-state index contributed by atoms with van der Waals surface area (Å²) >= 11 is 1.68. The molecule has 1 aliphatic heterocycles. The average Bonchev–Trinajstić information content (AvgIpc) is 2.90. The third-order valence-electron chi connectivity index (χ3n) is 4.41. The first-order valence-corrected chi connectivity index (χ1v) is 8.85. The maximum absolute atomic E-state index is 12.4. The molecule has 0 bridgehead atoms. The summed E-state index contributed by atoms with van der Waals surface area (Å²) in [5.41, 5.74) is 0. The Morgan fingerprint density at radius 3 is 2.55 bits per heavy atom. The Kier molecular flexibility index (Phi) is 5.75. The number of carboxylic acids is 1. The van der Waals surface area contributed by atoms with Gasteiger partial charge in [0, 0.05) is 12.2 Å². The predicted octanol–water partition coefficient (Wildman–Crippen LogP) is 3.11. The molecule has 1 saturated heterocycles. The second-order valence-electron chi connectivity index (χ2n) is 5.88. The van der Waals surface area contributed by atoms with Gasteiger partial charge in [0.05, 0.1) is 5.37 Å². The van der Waals surface area contributed by atoms with Crippen LogP contribution >= 0.6 is 11.8 Å². The summed E-state index contributed by atoms with van der Waals surface area (Å²) in [6.45, 7) is 2.05. The van der Waals surface area contributed by atoms with Crippen LogP contribution in [0, 0.1) is 5.92 Å². The number of amides is 1. The lowest BCUT2D eigenvalue weighted by Crippen LogP contribution is -2.48. The molecule has 2 aliphatic rings. The van der Waals surface area contributed by atoms with Crippen LogP contribution < -0.4 is 0 Å². The maximum atomic E-state index is 12.4. The molecule has 2 atom stereocenters. The van der Waals surface area contributed by atoms with Crippen LogP contribution in [-0.2, 0) is 9.59 Å². The third kappa shape index (κ3) is 3.48. The number of nitrogens with zero attached hydrogens (tertiary/aromatic N) is 1. The molecule has 0 aromatic heterocycles. The Morgan fingerprint density at radius 2 is 1.95 bits per heavy atom. The van der Waals surface area contributed by atoms with Crippen LogP contribution in [0.5, 0.6) is 0 Å². The summed E-state index contributed by atoms with van der Waals surface area (Å²) in [6, 6.07) is -0.615. The van der Waals surface area contributed by atoms with E-state index in [4.69, 9.17) is 0 Å². The zero-order chi connectivity index (χ0) is 14.5. The molecule has 1 N–H and O–H groups in total. The van der Waals surface area contributed by atoms with Crippen LogP contribution in [-0.4, -0.2) is 39.1 Å². The number of hydrogen-bond donors (Lipinski definition) is 1. The minimum Gasteiger partial charge on any atom is -0.480 e. The summed E-state index contributed by atoms with van der Waals surface area (Å²) < 4.78 is 0. The van der Waals surface area contributed by atoms with Crippen molar-refractivity contribution >= 4 is 23.6 Å². The molecule has 0 unspecified atom stereocenters. The molecule has 114 valence electrons. The molecule has 5 heteroatoms. The van der Waals surface area contributed by atoms with Crippen LogP contribution in [0.15, 0.2) is 0 Å². The van der Waals surface area contributed by atoms with Gasteiger partial charge in [0.15, 0.2) is 0 Å². The van der Waals surface area contributed by atoms with Crippen LogP contribution in [0.25, 0.3) is 0 Å². The van der Waals surface area contributed by atoms with Crippen molar-refractivity contribution in [1.29, 1.82) is 0 Å². The Balaban J connectivity index is 2.08. The summed E-state index contributed by atoms with van der Waals surface area (Å²) in [6.07, 6.45) is 8.31. The zero-order valence-electron chi connectivity index (χ0n) is 12.2. The minimum atomic E-state index is -0.847. The van der Waals surface area contributed by atoms with E-state index < -0.39 is 12.0 Å². The number of carboxylic acid groups (broad SMARTS) is 1. The number of rotatable bonds is 5. The van der Waals surface area contributed by atoms with Crippen molar-refractivity contribution in [3.8, 4) is 0 Å². The van der Waals surface area contributed by atoms with Gasteiger partial charge < -0.3 is 10.0 Å². The quantitative estimate of drug-likeness (QED) is 0.847. The molecule has 0 aromatic carbocycles. The van der Waals surface area contributed by atoms with Gasteiger partial charge in [-0.15, -0.1) is 11.8 Å². The van der Waals surface area contributed by atoms with E-state index in [1.807, 2.05) is 0 Å². The molecule has 1 amide bonds. The summed E-state index contributed by atoms with van der Waals surface area (Å²) in [5.74, 6) is 0.234. The summed E-state index contributed by atoms with van der Waals surface area (Å²) in [5, 5.41) is 9.46. The van der Waals surface area contributed by atoms with E-state index in [1.165, 1.54) is 19.3 Å². The minimum absolute atomic E-state index is 0.0415. The molecule has 1 heterocycles. The van der Waals surface area contributed by atoms with E-state index in [-0.39, 0.29) is 11.3 Å². The molecular formula is C15H25NO3S. The molecule has 1 aliphatic carbocycles. The fraction of sp³-hybridized carbons (Fsp3) is 0.867. The lowest BCUT2D eigenvalue weighted by molar-refractivity contribution is -0.149. The van der Waals surface area contributed by atoms with E-state index in [2.05, 4.69) is 6.92 Å². The SMILES string of the molecule is CCCCC(=O)N1[C@H](C(=O)O)CS[C@H]1C1CCCCC1. The smallest absolute Gasteiger partial charge is 0.327 e. The number of carbonyl (C=O) groups excluding carboxylic acids is 1. The molecule has 2 fully saturated rings. The van der Waals surface area contributed by atoms with Gasteiger partial charge in [0.2, 0.25) is 5.91 Å². The number of thioether (sulfide) groups is 1. The normalized spacial score (nSPS) is 27.8. The Hall–Kier alpha value is -0.710. The maximum Gasteiger partial charge on any atom is 0.327 e. The van der Waals surface area contributed by atoms with Gasteiger partial charge in [-0.05, 0) is 25.2 Å². The molecule has 2 rings (SSSR count). The number of carbonyl (C=O) groups is 2. The van der Waals surface area contributed by atoms with Gasteiger partial charge in [-0.25, -0.2) is 4.79 Å². The van der Waals surface area contributed by atoms with E-state index >= 15 is 0 Å². The van der Waals surface area contributed by atoms with Gasteiger partial charge in [-0.3, -0.25) is 4.79 Å². The molecule has 4 nitrogen and oxygen atoms in total. The fourth-order valence-corrected chi connectivity index (χ4v) is 4.93. The molecular weight excluding hydrogens is 274 g/mol. The molecule has 0 aromatic rings. The van der Waals surface area contributed by atoms with E-state index in [0.717, 1.165) is 25.7 Å². The number of unbranched alkanes of at least 4 members (excludes halogenated alkanes) is 1. The van der Waals surface area contributed by atoms with Gasteiger partial charge in [0.1, 0.15) is 6.04 Å². The van der Waals surface area contributed by atoms with Crippen molar-refractivity contribution < 1.29 is 14.7 Å². The first kappa shape index (κ1) is 15.7. The van der Waals surface area contributed by atoms with Crippen LogP contribution in [0.2, 0.25) is 0 Å². The second-order valence-corrected chi connectivity index (χ2v) is 7.03. The standard InChI is InChI=1S/C15H25NO3S/c1-2-3-9-13(17)16-12(15(18)19)10-20-14(16)11-7-5-4-6-8-11/h11-12,14H,2-10H2,1H3,(H,18,19)/t12-,14-/m0/s1. The highest BCUT2D eigenvalue weighted by Gasteiger charge is 2.44. The van der Waals surface area contributed by atoms with Crippen molar-refractivity contribution in [2.24, 2.45) is 5.92 Å². The molecule has 0 spiro atoms. The summed E-state index contributed by atoms with van der Waals surface area (Å²) in [7, 11) is 0. The zero-order valence-corrected chi connectivity index (χ0v) is 13.0. The Labute approximate surface area is 125 Å². The highest BCUT2D eigenvalue weighted by molar-refractivity contribution is 8.00. The first-order valence-electron chi connectivity index (χ1n) is 7.80. The van der Waals surface area contributed by atoms with Gasteiger partial charge in [-0.1, -0.05) is 32.6 Å².